The number of anilines is 1. The monoisotopic (exact) mass is 410 g/mol. The van der Waals surface area contributed by atoms with E-state index in [4.69, 9.17) is 11.6 Å². The lowest BCUT2D eigenvalue weighted by Gasteiger charge is -2.26. The Kier molecular flexibility index (Phi) is 6.26. The fourth-order valence-electron chi connectivity index (χ4n) is 3.15. The lowest BCUT2D eigenvalue weighted by Crippen LogP contribution is -2.39. The Balaban J connectivity index is 2.00. The molecule has 0 spiro atoms. The largest absolute Gasteiger partial charge is 0.323 e. The van der Waals surface area contributed by atoms with Crippen molar-refractivity contribution in [3.05, 3.63) is 101 Å². The molecule has 6 heteroatoms. The van der Waals surface area contributed by atoms with Gasteiger partial charge in [0.15, 0.2) is 0 Å². The molecule has 0 aliphatic carbocycles. The fraction of sp³-hybridized carbons (Fsp3) is 0.130. The van der Waals surface area contributed by atoms with Gasteiger partial charge in [0, 0.05) is 12.8 Å². The van der Waals surface area contributed by atoms with Crippen LogP contribution in [0.15, 0.2) is 72.8 Å². The molecule has 0 aliphatic heterocycles. The van der Waals surface area contributed by atoms with Gasteiger partial charge in [0.1, 0.15) is 17.0 Å². The first-order valence-corrected chi connectivity index (χ1v) is 9.26. The Morgan fingerprint density at radius 2 is 1.48 bits per heavy atom. The second kappa shape index (κ2) is 8.85. The third-order valence-electron chi connectivity index (χ3n) is 4.56. The minimum Gasteiger partial charge on any atom is -0.323 e. The quantitative estimate of drug-likeness (QED) is 0.579. The van der Waals surface area contributed by atoms with Crippen molar-refractivity contribution in [1.29, 1.82) is 5.26 Å². The van der Waals surface area contributed by atoms with E-state index < -0.39 is 23.0 Å². The average Bonchev–Trinajstić information content (AvgIpc) is 2.69. The summed E-state index contributed by atoms with van der Waals surface area (Å²) in [6.45, 7) is 0. The highest BCUT2D eigenvalue weighted by molar-refractivity contribution is 6.33. The van der Waals surface area contributed by atoms with Gasteiger partial charge in [-0.05, 0) is 47.5 Å². The summed E-state index contributed by atoms with van der Waals surface area (Å²) in [5.41, 5.74) is -0.271. The lowest BCUT2D eigenvalue weighted by atomic mass is 9.76. The molecular weight excluding hydrogens is 394 g/mol. The van der Waals surface area contributed by atoms with E-state index in [1.54, 1.807) is 36.4 Å². The van der Waals surface area contributed by atoms with Gasteiger partial charge in [-0.25, -0.2) is 8.78 Å². The molecule has 1 amide bonds. The highest BCUT2D eigenvalue weighted by Gasteiger charge is 2.39. The number of rotatable bonds is 6. The number of nitriles is 1. The van der Waals surface area contributed by atoms with Gasteiger partial charge in [0.05, 0.1) is 16.8 Å². The summed E-state index contributed by atoms with van der Waals surface area (Å²) < 4.78 is 27.4. The van der Waals surface area contributed by atoms with Crippen LogP contribution in [0.2, 0.25) is 5.02 Å². The molecule has 3 aromatic carbocycles. The van der Waals surface area contributed by atoms with Crippen LogP contribution in [0.5, 0.6) is 0 Å². The van der Waals surface area contributed by atoms with Gasteiger partial charge in [0.2, 0.25) is 5.91 Å². The average molecular weight is 411 g/mol. The van der Waals surface area contributed by atoms with E-state index >= 15 is 0 Å². The van der Waals surface area contributed by atoms with E-state index in [0.717, 1.165) is 0 Å². The number of nitrogens with one attached hydrogen (secondary N) is 1. The SMILES string of the molecule is N#CC(Cc1cccc(F)c1)(Cc1cccc(F)c1)C(=O)Nc1ccccc1Cl. The molecule has 0 aliphatic rings. The minimum absolute atomic E-state index is 0.0476. The molecule has 0 fully saturated rings. The van der Waals surface area contributed by atoms with E-state index in [1.807, 2.05) is 0 Å². The van der Waals surface area contributed by atoms with Crippen LogP contribution in [0, 0.1) is 28.4 Å². The first-order chi connectivity index (χ1) is 13.9. The summed E-state index contributed by atoms with van der Waals surface area (Å²) in [6.07, 6.45) is -0.0951. The first kappa shape index (κ1) is 20.5. The van der Waals surface area contributed by atoms with E-state index in [0.29, 0.717) is 21.8 Å². The van der Waals surface area contributed by atoms with E-state index in [9.17, 15) is 18.8 Å². The number of hydrogen-bond donors (Lipinski definition) is 1. The van der Waals surface area contributed by atoms with E-state index in [-0.39, 0.29) is 12.8 Å². The zero-order valence-electron chi connectivity index (χ0n) is 15.3. The zero-order chi connectivity index (χ0) is 20.9. The second-order valence-corrected chi connectivity index (χ2v) is 7.15. The maximum absolute atomic E-state index is 13.7. The molecule has 0 saturated carbocycles. The van der Waals surface area contributed by atoms with Gasteiger partial charge in [-0.15, -0.1) is 0 Å². The lowest BCUT2D eigenvalue weighted by molar-refractivity contribution is -0.122. The number of nitrogens with zero attached hydrogens (tertiary/aromatic N) is 1. The topological polar surface area (TPSA) is 52.9 Å². The van der Waals surface area contributed by atoms with Crippen LogP contribution in [-0.2, 0) is 17.6 Å². The number of amides is 1. The molecule has 0 atom stereocenters. The van der Waals surface area contributed by atoms with Gasteiger partial charge in [0.25, 0.3) is 0 Å². The number of carbonyl (C=O) groups excluding carboxylic acids is 1. The minimum atomic E-state index is -1.60. The Morgan fingerprint density at radius 1 is 0.931 bits per heavy atom. The second-order valence-electron chi connectivity index (χ2n) is 6.74. The molecule has 0 unspecified atom stereocenters. The van der Waals surface area contributed by atoms with Gasteiger partial charge in [-0.3, -0.25) is 4.79 Å². The van der Waals surface area contributed by atoms with Gasteiger partial charge in [-0.1, -0.05) is 48.0 Å². The smallest absolute Gasteiger partial charge is 0.245 e. The number of halogens is 3. The van der Waals surface area contributed by atoms with E-state index in [2.05, 4.69) is 11.4 Å². The highest BCUT2D eigenvalue weighted by Crippen LogP contribution is 2.31. The van der Waals surface area contributed by atoms with Crippen LogP contribution < -0.4 is 5.32 Å². The van der Waals surface area contributed by atoms with Crippen molar-refractivity contribution in [2.24, 2.45) is 5.41 Å². The normalized spacial score (nSPS) is 11.0. The molecule has 3 aromatic rings. The van der Waals surface area contributed by atoms with Crippen molar-refractivity contribution < 1.29 is 13.6 Å². The third kappa shape index (κ3) is 4.98. The number of para-hydroxylation sites is 1. The molecule has 0 radical (unpaired) electrons. The van der Waals surface area contributed by atoms with Crippen LogP contribution in [0.25, 0.3) is 0 Å². The van der Waals surface area contributed by atoms with Crippen molar-refractivity contribution in [1.82, 2.24) is 0 Å². The molecular formula is C23H17ClF2N2O. The molecule has 3 rings (SSSR count). The van der Waals surface area contributed by atoms with Crippen molar-refractivity contribution in [2.45, 2.75) is 12.8 Å². The Hall–Kier alpha value is -3.23. The molecule has 29 heavy (non-hydrogen) atoms. The Morgan fingerprint density at radius 3 is 1.97 bits per heavy atom. The van der Waals surface area contributed by atoms with Crippen molar-refractivity contribution in [2.75, 3.05) is 5.32 Å². The Labute approximate surface area is 172 Å². The third-order valence-corrected chi connectivity index (χ3v) is 4.89. The van der Waals surface area contributed by atoms with Crippen LogP contribution >= 0.6 is 11.6 Å². The molecule has 146 valence electrons. The zero-order valence-corrected chi connectivity index (χ0v) is 16.1. The molecule has 0 aromatic heterocycles. The van der Waals surface area contributed by atoms with E-state index in [1.165, 1.54) is 36.4 Å². The highest BCUT2D eigenvalue weighted by atomic mass is 35.5. The standard InChI is InChI=1S/C23H17ClF2N2O/c24-20-9-1-2-10-21(20)28-22(29)23(15-27,13-16-5-3-7-18(25)11-16)14-17-6-4-8-19(26)12-17/h1-12H,13-14H2,(H,28,29). The maximum Gasteiger partial charge on any atom is 0.245 e. The van der Waals surface area contributed by atoms with Crippen LogP contribution in [0.3, 0.4) is 0 Å². The van der Waals surface area contributed by atoms with Gasteiger partial charge in [-0.2, -0.15) is 5.26 Å². The van der Waals surface area contributed by atoms with Crippen molar-refractivity contribution in [3.63, 3.8) is 0 Å². The summed E-state index contributed by atoms with van der Waals surface area (Å²) in [4.78, 5) is 13.2. The van der Waals surface area contributed by atoms with Crippen molar-refractivity contribution >= 4 is 23.2 Å². The summed E-state index contributed by atoms with van der Waals surface area (Å²) in [5, 5.41) is 13.0. The van der Waals surface area contributed by atoms with Crippen LogP contribution in [0.1, 0.15) is 11.1 Å². The molecule has 0 heterocycles. The summed E-state index contributed by atoms with van der Waals surface area (Å²) in [6, 6.07) is 20.2. The predicted molar refractivity (Wildman–Crippen MR) is 108 cm³/mol. The van der Waals surface area contributed by atoms with Gasteiger partial charge >= 0.3 is 0 Å². The number of benzene rings is 3. The maximum atomic E-state index is 13.7. The van der Waals surface area contributed by atoms with Crippen LogP contribution in [0.4, 0.5) is 14.5 Å². The van der Waals surface area contributed by atoms with Gasteiger partial charge < -0.3 is 5.32 Å². The fourth-order valence-corrected chi connectivity index (χ4v) is 3.33. The number of carbonyl (C=O) groups is 1. The summed E-state index contributed by atoms with van der Waals surface area (Å²) >= 11 is 6.13. The number of hydrogen-bond acceptors (Lipinski definition) is 2. The molecule has 1 N–H and O–H groups in total. The Bertz CT molecular complexity index is 1030. The predicted octanol–water partition coefficient (Wildman–Crippen LogP) is 5.55. The van der Waals surface area contributed by atoms with Crippen molar-refractivity contribution in [3.8, 4) is 6.07 Å². The summed E-state index contributed by atoms with van der Waals surface area (Å²) in [7, 11) is 0. The summed E-state index contributed by atoms with van der Waals surface area (Å²) in [5.74, 6) is -1.53. The first-order valence-electron chi connectivity index (χ1n) is 8.88. The molecule has 0 bridgehead atoms. The van der Waals surface area contributed by atoms with Crippen LogP contribution in [-0.4, -0.2) is 5.91 Å². The molecule has 0 saturated heterocycles. The molecule has 3 nitrogen and oxygen atoms in total.